The molecule has 2 unspecified atom stereocenters. The third-order valence-corrected chi connectivity index (χ3v) is 7.40. The van der Waals surface area contributed by atoms with E-state index in [1.807, 2.05) is 6.92 Å². The van der Waals surface area contributed by atoms with Gasteiger partial charge in [0.1, 0.15) is 6.04 Å². The molecule has 6 heteroatoms. The highest BCUT2D eigenvalue weighted by molar-refractivity contribution is 6.03. The molecular weight excluding hydrogens is 439 g/mol. The van der Waals surface area contributed by atoms with E-state index >= 15 is 0 Å². The molecule has 1 N–H and O–H groups in total. The standard InChI is InChI=1S/C29H33FN4O/c1-3-26-27(34-16-4-5-25(30)28(34)32-26)29(35)31-19-21-8-12-24(13-9-21)33-17-14-23(15-18-33)22-10-6-20(2)7-11-22/h4-13,16,23,26-27H,3,14-15,17-19H2,1-2H3,(H,31,35). The fourth-order valence-corrected chi connectivity index (χ4v) is 5.30. The predicted molar refractivity (Wildman–Crippen MR) is 139 cm³/mol. The highest BCUT2D eigenvalue weighted by atomic mass is 19.1. The zero-order valence-corrected chi connectivity index (χ0v) is 20.5. The summed E-state index contributed by atoms with van der Waals surface area (Å²) in [6.45, 7) is 6.64. The monoisotopic (exact) mass is 472 g/mol. The van der Waals surface area contributed by atoms with Gasteiger partial charge in [-0.1, -0.05) is 48.9 Å². The Hall–Kier alpha value is -3.41. The lowest BCUT2D eigenvalue weighted by molar-refractivity contribution is -0.124. The van der Waals surface area contributed by atoms with Crippen LogP contribution in [-0.2, 0) is 11.3 Å². The number of carbonyl (C=O) groups is 1. The molecule has 0 saturated carbocycles. The molecule has 0 aromatic heterocycles. The molecule has 0 aliphatic carbocycles. The molecule has 3 aliphatic rings. The average molecular weight is 473 g/mol. The summed E-state index contributed by atoms with van der Waals surface area (Å²) in [6, 6.07) is 16.6. The largest absolute Gasteiger partial charge is 0.371 e. The van der Waals surface area contributed by atoms with Crippen LogP contribution in [-0.4, -0.2) is 41.8 Å². The first-order valence-corrected chi connectivity index (χ1v) is 12.6. The van der Waals surface area contributed by atoms with Crippen molar-refractivity contribution in [2.75, 3.05) is 18.0 Å². The minimum Gasteiger partial charge on any atom is -0.371 e. The Kier molecular flexibility index (Phi) is 6.71. The number of hydrogen-bond donors (Lipinski definition) is 1. The summed E-state index contributed by atoms with van der Waals surface area (Å²) < 4.78 is 14.2. The van der Waals surface area contributed by atoms with E-state index in [0.29, 0.717) is 18.9 Å². The van der Waals surface area contributed by atoms with Crippen molar-refractivity contribution >= 4 is 17.4 Å². The van der Waals surface area contributed by atoms with Crippen LogP contribution in [0.3, 0.4) is 0 Å². The number of amidine groups is 1. The lowest BCUT2D eigenvalue weighted by Crippen LogP contribution is -2.48. The van der Waals surface area contributed by atoms with Gasteiger partial charge >= 0.3 is 0 Å². The van der Waals surface area contributed by atoms with Gasteiger partial charge in [0.15, 0.2) is 11.7 Å². The molecule has 5 nitrogen and oxygen atoms in total. The fourth-order valence-electron chi connectivity index (χ4n) is 5.30. The summed E-state index contributed by atoms with van der Waals surface area (Å²) in [6.07, 6.45) is 7.73. The number of nitrogens with zero attached hydrogens (tertiary/aromatic N) is 3. The number of allylic oxidation sites excluding steroid dienone is 2. The van der Waals surface area contributed by atoms with Gasteiger partial charge in [-0.05, 0) is 67.5 Å². The van der Waals surface area contributed by atoms with Gasteiger partial charge in [0.25, 0.3) is 0 Å². The maximum Gasteiger partial charge on any atom is 0.245 e. The van der Waals surface area contributed by atoms with Crippen LogP contribution in [0.5, 0.6) is 0 Å². The van der Waals surface area contributed by atoms with Crippen molar-refractivity contribution in [1.82, 2.24) is 10.2 Å². The molecule has 5 rings (SSSR count). The van der Waals surface area contributed by atoms with Crippen molar-refractivity contribution in [3.63, 3.8) is 0 Å². The number of piperidine rings is 1. The summed E-state index contributed by atoms with van der Waals surface area (Å²) in [7, 11) is 0. The van der Waals surface area contributed by atoms with E-state index in [4.69, 9.17) is 0 Å². The van der Waals surface area contributed by atoms with Crippen LogP contribution >= 0.6 is 0 Å². The van der Waals surface area contributed by atoms with Crippen LogP contribution in [0, 0.1) is 6.92 Å². The Balaban J connectivity index is 1.15. The van der Waals surface area contributed by atoms with Crippen molar-refractivity contribution in [2.45, 2.75) is 57.7 Å². The summed E-state index contributed by atoms with van der Waals surface area (Å²) in [5.74, 6) is 0.374. The third kappa shape index (κ3) is 4.88. The van der Waals surface area contributed by atoms with E-state index in [-0.39, 0.29) is 23.6 Å². The van der Waals surface area contributed by atoms with Crippen LogP contribution in [0.15, 0.2) is 77.7 Å². The minimum atomic E-state index is -0.514. The van der Waals surface area contributed by atoms with Crippen molar-refractivity contribution in [3.05, 3.63) is 89.4 Å². The summed E-state index contributed by atoms with van der Waals surface area (Å²) in [4.78, 5) is 21.6. The van der Waals surface area contributed by atoms with Gasteiger partial charge in [0.05, 0.1) is 6.04 Å². The zero-order chi connectivity index (χ0) is 24.4. The molecule has 2 aromatic carbocycles. The number of hydrogen-bond acceptors (Lipinski definition) is 4. The Morgan fingerprint density at radius 3 is 2.49 bits per heavy atom. The van der Waals surface area contributed by atoms with E-state index < -0.39 is 6.04 Å². The molecule has 1 saturated heterocycles. The van der Waals surface area contributed by atoms with Gasteiger partial charge in [-0.25, -0.2) is 4.39 Å². The lowest BCUT2D eigenvalue weighted by atomic mass is 9.89. The number of aryl methyl sites for hydroxylation is 1. The number of halogens is 1. The van der Waals surface area contributed by atoms with Gasteiger partial charge in [-0.2, -0.15) is 0 Å². The quantitative estimate of drug-likeness (QED) is 0.626. The van der Waals surface area contributed by atoms with Crippen molar-refractivity contribution < 1.29 is 9.18 Å². The molecule has 2 aromatic rings. The number of amides is 1. The number of fused-ring (bicyclic) bond motifs is 1. The van der Waals surface area contributed by atoms with Gasteiger partial charge in [-0.15, -0.1) is 0 Å². The van der Waals surface area contributed by atoms with Crippen LogP contribution in [0.1, 0.15) is 48.8 Å². The first-order chi connectivity index (χ1) is 17.0. The van der Waals surface area contributed by atoms with Crippen molar-refractivity contribution in [3.8, 4) is 0 Å². The van der Waals surface area contributed by atoms with Crippen LogP contribution in [0.25, 0.3) is 0 Å². The summed E-state index contributed by atoms with van der Waals surface area (Å²) in [5, 5.41) is 3.04. The van der Waals surface area contributed by atoms with Gasteiger partial charge in [0, 0.05) is 31.5 Å². The Bertz CT molecular complexity index is 1140. The topological polar surface area (TPSA) is 47.9 Å². The summed E-state index contributed by atoms with van der Waals surface area (Å²) >= 11 is 0. The zero-order valence-electron chi connectivity index (χ0n) is 20.5. The number of rotatable bonds is 6. The second kappa shape index (κ2) is 10.1. The van der Waals surface area contributed by atoms with Crippen LogP contribution in [0.2, 0.25) is 0 Å². The second-order valence-electron chi connectivity index (χ2n) is 9.69. The molecule has 2 atom stereocenters. The maximum atomic E-state index is 14.2. The molecule has 182 valence electrons. The molecule has 0 radical (unpaired) electrons. The smallest absolute Gasteiger partial charge is 0.245 e. The SMILES string of the molecule is CCC1N=C2C(F)=CC=CN2C1C(=O)NCc1ccc(N2CCC(c3ccc(C)cc3)CC2)cc1. The predicted octanol–water partition coefficient (Wildman–Crippen LogP) is 5.24. The van der Waals surface area contributed by atoms with E-state index in [9.17, 15) is 9.18 Å². The van der Waals surface area contributed by atoms with Gasteiger partial charge in [0.2, 0.25) is 5.91 Å². The molecule has 1 amide bonds. The first-order valence-electron chi connectivity index (χ1n) is 12.6. The van der Waals surface area contributed by atoms with Crippen molar-refractivity contribution in [2.24, 2.45) is 4.99 Å². The number of anilines is 1. The second-order valence-corrected chi connectivity index (χ2v) is 9.69. The van der Waals surface area contributed by atoms with E-state index in [2.05, 4.69) is 70.7 Å². The number of benzene rings is 2. The molecule has 1 fully saturated rings. The Morgan fingerprint density at radius 2 is 1.80 bits per heavy atom. The molecule has 0 bridgehead atoms. The Labute approximate surface area is 207 Å². The molecule has 0 spiro atoms. The van der Waals surface area contributed by atoms with Crippen LogP contribution < -0.4 is 10.2 Å². The Morgan fingerprint density at radius 1 is 1.09 bits per heavy atom. The number of aliphatic imine (C=N–C) groups is 1. The average Bonchev–Trinajstić information content (AvgIpc) is 3.28. The molecule has 3 aliphatic heterocycles. The summed E-state index contributed by atoms with van der Waals surface area (Å²) in [5.41, 5.74) is 5.03. The lowest BCUT2D eigenvalue weighted by Gasteiger charge is -2.34. The highest BCUT2D eigenvalue weighted by Crippen LogP contribution is 2.31. The van der Waals surface area contributed by atoms with E-state index in [1.54, 1.807) is 17.2 Å². The van der Waals surface area contributed by atoms with E-state index in [1.165, 1.54) is 22.9 Å². The third-order valence-electron chi connectivity index (χ3n) is 7.40. The van der Waals surface area contributed by atoms with Gasteiger partial charge < -0.3 is 15.1 Å². The number of nitrogens with one attached hydrogen (secondary N) is 1. The van der Waals surface area contributed by atoms with Crippen LogP contribution in [0.4, 0.5) is 10.1 Å². The van der Waals surface area contributed by atoms with Crippen molar-refractivity contribution in [1.29, 1.82) is 0 Å². The molecular formula is C29H33FN4O. The van der Waals surface area contributed by atoms with E-state index in [0.717, 1.165) is 31.5 Å². The first kappa shape index (κ1) is 23.3. The minimum absolute atomic E-state index is 0.128. The molecule has 3 heterocycles. The molecule has 35 heavy (non-hydrogen) atoms. The number of carbonyl (C=O) groups excluding carboxylic acids is 1. The van der Waals surface area contributed by atoms with Gasteiger partial charge in [-0.3, -0.25) is 9.79 Å². The fraction of sp³-hybridized carbons (Fsp3) is 0.379. The highest BCUT2D eigenvalue weighted by Gasteiger charge is 2.41. The normalized spacial score (nSPS) is 22.0. The maximum absolute atomic E-state index is 14.2.